The molecule has 0 spiro atoms. The van der Waals surface area contributed by atoms with E-state index in [1.165, 1.54) is 4.90 Å². The second-order valence-electron chi connectivity index (χ2n) is 13.3. The number of carbonyl (C=O) groups is 3. The van der Waals surface area contributed by atoms with Gasteiger partial charge in [0.25, 0.3) is 8.32 Å². The Labute approximate surface area is 262 Å². The molecule has 1 fully saturated rings. The molecule has 3 atom stereocenters. The zero-order chi connectivity index (χ0) is 32.1. The minimum absolute atomic E-state index is 0.0334. The summed E-state index contributed by atoms with van der Waals surface area (Å²) in [5.74, 6) is -2.17. The van der Waals surface area contributed by atoms with Crippen molar-refractivity contribution in [2.45, 2.75) is 77.5 Å². The summed E-state index contributed by atoms with van der Waals surface area (Å²) in [5, 5.41) is 1.83. The molecule has 0 aliphatic carbocycles. The molecule has 3 aromatic rings. The van der Waals surface area contributed by atoms with Crippen LogP contribution in [0.15, 0.2) is 91.0 Å². The number of benzene rings is 3. The van der Waals surface area contributed by atoms with Crippen LogP contribution in [-0.2, 0) is 23.5 Å². The van der Waals surface area contributed by atoms with Crippen LogP contribution in [0.5, 0.6) is 0 Å². The second-order valence-corrected chi connectivity index (χ2v) is 17.6. The number of imide groups is 1. The van der Waals surface area contributed by atoms with Gasteiger partial charge in [0.05, 0.1) is 31.6 Å². The Morgan fingerprint density at radius 1 is 0.795 bits per heavy atom. The molecule has 1 aliphatic heterocycles. The van der Waals surface area contributed by atoms with Gasteiger partial charge in [0.2, 0.25) is 5.91 Å². The van der Waals surface area contributed by atoms with Crippen molar-refractivity contribution in [2.75, 3.05) is 13.2 Å². The SMILES string of the molecule is CCOC(=O)C[C@H]1[C@@H](c2ccccc2)C(=O)N(C(=O)OC(C)(C)C)[C@@H]1CO[Si](c1ccccc1)(c1ccccc1)C(C)(C)C. The van der Waals surface area contributed by atoms with Crippen molar-refractivity contribution >= 4 is 36.7 Å². The molecule has 3 aromatic carbocycles. The third-order valence-corrected chi connectivity index (χ3v) is 13.1. The molecule has 0 radical (unpaired) electrons. The Hall–Kier alpha value is -3.75. The standard InChI is InChI=1S/C36H45NO6Si/c1-8-41-31(38)24-29-30(37(34(40)43-35(2,3)4)33(39)32(29)26-18-12-9-13-19-26)25-42-44(36(5,6)7,27-20-14-10-15-21-27)28-22-16-11-17-23-28/h9-23,29-30,32H,8,24-25H2,1-7H3/t29-,30-,32-/m1/s1. The van der Waals surface area contributed by atoms with Crippen molar-refractivity contribution in [3.63, 3.8) is 0 Å². The summed E-state index contributed by atoms with van der Waals surface area (Å²) < 4.78 is 18.4. The number of hydrogen-bond acceptors (Lipinski definition) is 6. The van der Waals surface area contributed by atoms with E-state index in [4.69, 9.17) is 13.9 Å². The molecule has 0 saturated carbocycles. The maximum atomic E-state index is 14.3. The number of amides is 2. The van der Waals surface area contributed by atoms with Gasteiger partial charge >= 0.3 is 12.1 Å². The molecule has 44 heavy (non-hydrogen) atoms. The molecule has 234 valence electrons. The van der Waals surface area contributed by atoms with Crippen LogP contribution in [-0.4, -0.2) is 56.0 Å². The molecule has 1 saturated heterocycles. The molecule has 0 aromatic heterocycles. The Balaban J connectivity index is 1.87. The number of carbonyl (C=O) groups excluding carboxylic acids is 3. The van der Waals surface area contributed by atoms with Crippen LogP contribution in [0.25, 0.3) is 0 Å². The normalized spacial score (nSPS) is 19.1. The Kier molecular flexibility index (Phi) is 10.2. The van der Waals surface area contributed by atoms with E-state index < -0.39 is 49.8 Å². The van der Waals surface area contributed by atoms with Crippen LogP contribution in [0.4, 0.5) is 4.79 Å². The van der Waals surface area contributed by atoms with Crippen LogP contribution < -0.4 is 10.4 Å². The Morgan fingerprint density at radius 3 is 1.75 bits per heavy atom. The van der Waals surface area contributed by atoms with E-state index in [1.807, 2.05) is 66.7 Å². The summed E-state index contributed by atoms with van der Waals surface area (Å²) in [6.45, 7) is 13.8. The van der Waals surface area contributed by atoms with Crippen molar-refractivity contribution in [3.05, 3.63) is 96.6 Å². The summed E-state index contributed by atoms with van der Waals surface area (Å²) >= 11 is 0. The molecular formula is C36H45NO6Si. The molecule has 2 amide bonds. The Bertz CT molecular complexity index is 1380. The van der Waals surface area contributed by atoms with E-state index in [0.717, 1.165) is 15.9 Å². The van der Waals surface area contributed by atoms with Crippen LogP contribution in [0.3, 0.4) is 0 Å². The van der Waals surface area contributed by atoms with E-state index in [0.29, 0.717) is 0 Å². The monoisotopic (exact) mass is 615 g/mol. The number of nitrogens with zero attached hydrogens (tertiary/aromatic N) is 1. The van der Waals surface area contributed by atoms with Gasteiger partial charge in [-0.3, -0.25) is 9.59 Å². The van der Waals surface area contributed by atoms with Gasteiger partial charge in [-0.15, -0.1) is 0 Å². The number of esters is 1. The van der Waals surface area contributed by atoms with Crippen LogP contribution >= 0.6 is 0 Å². The highest BCUT2D eigenvalue weighted by Crippen LogP contribution is 2.43. The van der Waals surface area contributed by atoms with Gasteiger partial charge in [0.1, 0.15) is 5.60 Å². The van der Waals surface area contributed by atoms with Crippen LogP contribution in [0.1, 0.15) is 66.4 Å². The largest absolute Gasteiger partial charge is 0.466 e. The van der Waals surface area contributed by atoms with Crippen molar-refractivity contribution in [3.8, 4) is 0 Å². The highest BCUT2D eigenvalue weighted by Gasteiger charge is 2.56. The minimum Gasteiger partial charge on any atom is -0.466 e. The topological polar surface area (TPSA) is 82.1 Å². The van der Waals surface area contributed by atoms with Gasteiger partial charge in [0.15, 0.2) is 0 Å². The average molecular weight is 616 g/mol. The molecule has 4 rings (SSSR count). The second kappa shape index (κ2) is 13.5. The lowest BCUT2D eigenvalue weighted by atomic mass is 9.83. The first-order valence-electron chi connectivity index (χ1n) is 15.3. The maximum Gasteiger partial charge on any atom is 0.417 e. The molecule has 8 heteroatoms. The molecule has 0 unspecified atom stereocenters. The molecule has 0 N–H and O–H groups in total. The maximum absolute atomic E-state index is 14.3. The van der Waals surface area contributed by atoms with Gasteiger partial charge in [0, 0.05) is 5.92 Å². The van der Waals surface area contributed by atoms with Gasteiger partial charge in [-0.2, -0.15) is 0 Å². The lowest BCUT2D eigenvalue weighted by molar-refractivity contribution is -0.144. The smallest absolute Gasteiger partial charge is 0.417 e. The van der Waals surface area contributed by atoms with Crippen LogP contribution in [0, 0.1) is 5.92 Å². The highest BCUT2D eigenvalue weighted by molar-refractivity contribution is 6.99. The summed E-state index contributed by atoms with van der Waals surface area (Å²) in [7, 11) is -3.04. The fourth-order valence-corrected chi connectivity index (χ4v) is 10.9. The van der Waals surface area contributed by atoms with Gasteiger partial charge in [-0.05, 0) is 48.7 Å². The molecular weight excluding hydrogens is 570 g/mol. The zero-order valence-corrected chi connectivity index (χ0v) is 27.9. The first-order chi connectivity index (χ1) is 20.8. The fourth-order valence-electron chi connectivity index (χ4n) is 6.33. The fraction of sp³-hybridized carbons (Fsp3) is 0.417. The number of rotatable bonds is 9. The molecule has 1 heterocycles. The highest BCUT2D eigenvalue weighted by atomic mass is 28.4. The molecule has 1 aliphatic rings. The van der Waals surface area contributed by atoms with Crippen molar-refractivity contribution in [1.82, 2.24) is 4.90 Å². The Morgan fingerprint density at radius 2 is 1.30 bits per heavy atom. The average Bonchev–Trinajstić information content (AvgIpc) is 3.24. The first kappa shape index (κ1) is 33.1. The van der Waals surface area contributed by atoms with Gasteiger partial charge in [-0.25, -0.2) is 9.69 Å². The summed E-state index contributed by atoms with van der Waals surface area (Å²) in [6.07, 6.45) is -0.793. The number of ether oxygens (including phenoxy) is 2. The zero-order valence-electron chi connectivity index (χ0n) is 26.9. The third-order valence-electron chi connectivity index (χ3n) is 8.10. The van der Waals surface area contributed by atoms with Crippen molar-refractivity contribution in [1.29, 1.82) is 0 Å². The van der Waals surface area contributed by atoms with Gasteiger partial charge in [-0.1, -0.05) is 112 Å². The van der Waals surface area contributed by atoms with E-state index >= 15 is 0 Å². The minimum atomic E-state index is -3.04. The third kappa shape index (κ3) is 6.97. The van der Waals surface area contributed by atoms with E-state index in [1.54, 1.807) is 27.7 Å². The molecule has 7 nitrogen and oxygen atoms in total. The van der Waals surface area contributed by atoms with E-state index in [9.17, 15) is 14.4 Å². The van der Waals surface area contributed by atoms with Gasteiger partial charge < -0.3 is 13.9 Å². The van der Waals surface area contributed by atoms with Crippen LogP contribution in [0.2, 0.25) is 5.04 Å². The summed E-state index contributed by atoms with van der Waals surface area (Å²) in [6, 6.07) is 28.9. The first-order valence-corrected chi connectivity index (χ1v) is 17.2. The number of likely N-dealkylation sites (tertiary alicyclic amines) is 1. The van der Waals surface area contributed by atoms with E-state index in [2.05, 4.69) is 45.0 Å². The predicted octanol–water partition coefficient (Wildman–Crippen LogP) is 6.06. The van der Waals surface area contributed by atoms with Crippen molar-refractivity contribution < 1.29 is 28.3 Å². The van der Waals surface area contributed by atoms with Crippen molar-refractivity contribution in [2.24, 2.45) is 5.92 Å². The van der Waals surface area contributed by atoms with E-state index in [-0.39, 0.29) is 24.7 Å². The lowest BCUT2D eigenvalue weighted by Crippen LogP contribution is -2.67. The summed E-state index contributed by atoms with van der Waals surface area (Å²) in [4.78, 5) is 42.3. The predicted molar refractivity (Wildman–Crippen MR) is 174 cm³/mol. The molecule has 0 bridgehead atoms. The quantitative estimate of drug-likeness (QED) is 0.215. The number of hydrogen-bond donors (Lipinski definition) is 0. The summed E-state index contributed by atoms with van der Waals surface area (Å²) in [5.41, 5.74) is -0.101. The lowest BCUT2D eigenvalue weighted by Gasteiger charge is -2.44.